The Kier molecular flexibility index (Phi) is 3.83. The van der Waals surface area contributed by atoms with Crippen LogP contribution in [0.15, 0.2) is 48.5 Å². The zero-order chi connectivity index (χ0) is 17.3. The molecule has 0 spiro atoms. The summed E-state index contributed by atoms with van der Waals surface area (Å²) >= 11 is 0. The van der Waals surface area contributed by atoms with Crippen LogP contribution in [0.1, 0.15) is 26.3 Å². The fourth-order valence-corrected chi connectivity index (χ4v) is 2.28. The Morgan fingerprint density at radius 3 is 2.17 bits per heavy atom. The van der Waals surface area contributed by atoms with Gasteiger partial charge in [0.25, 0.3) is 11.8 Å². The van der Waals surface area contributed by atoms with Crippen LogP contribution in [0.25, 0.3) is 0 Å². The minimum atomic E-state index is -1.36. The summed E-state index contributed by atoms with van der Waals surface area (Å²) in [5.41, 5.74) is 1.53. The maximum atomic E-state index is 12.1. The summed E-state index contributed by atoms with van der Waals surface area (Å²) < 4.78 is 0. The third-order valence-electron chi connectivity index (χ3n) is 3.39. The van der Waals surface area contributed by atoms with Crippen LogP contribution in [-0.2, 0) is 14.4 Å². The van der Waals surface area contributed by atoms with Gasteiger partial charge in [-0.2, -0.15) is 0 Å². The van der Waals surface area contributed by atoms with Crippen molar-refractivity contribution in [2.45, 2.75) is 6.92 Å². The zero-order valence-corrected chi connectivity index (χ0v) is 12.6. The van der Waals surface area contributed by atoms with Crippen molar-refractivity contribution < 1.29 is 24.0 Å². The second kappa shape index (κ2) is 5.96. The number of fused-ring (bicyclic) bond motifs is 1. The van der Waals surface area contributed by atoms with Crippen LogP contribution in [0.3, 0.4) is 0 Å². The number of nitrogens with one attached hydrogen (secondary N) is 1. The molecule has 1 heterocycles. The molecule has 0 saturated carbocycles. The summed E-state index contributed by atoms with van der Waals surface area (Å²) in [5.74, 6) is -4.01. The van der Waals surface area contributed by atoms with Gasteiger partial charge in [-0.15, -0.1) is 0 Å². The molecule has 0 aliphatic carbocycles. The van der Waals surface area contributed by atoms with E-state index in [1.54, 1.807) is 30.3 Å². The summed E-state index contributed by atoms with van der Waals surface area (Å²) in [6.45, 7) is 1.83. The first-order valence-corrected chi connectivity index (χ1v) is 7.05. The molecule has 2 aromatic rings. The second-order valence-electron chi connectivity index (χ2n) is 5.15. The molecule has 1 N–H and O–H groups in total. The van der Waals surface area contributed by atoms with Crippen LogP contribution in [0.4, 0.5) is 5.69 Å². The summed E-state index contributed by atoms with van der Waals surface area (Å²) in [7, 11) is 0. The van der Waals surface area contributed by atoms with E-state index in [1.165, 1.54) is 12.1 Å². The van der Waals surface area contributed by atoms with Crippen molar-refractivity contribution in [2.24, 2.45) is 0 Å². The van der Waals surface area contributed by atoms with Gasteiger partial charge in [-0.3, -0.25) is 14.4 Å². The highest BCUT2D eigenvalue weighted by atomic mass is 16.7. The molecule has 0 fully saturated rings. The van der Waals surface area contributed by atoms with Gasteiger partial charge in [0.05, 0.1) is 11.1 Å². The van der Waals surface area contributed by atoms with E-state index in [2.05, 4.69) is 10.2 Å². The topological polar surface area (TPSA) is 92.8 Å². The molecule has 7 nitrogen and oxygen atoms in total. The molecule has 2 aromatic carbocycles. The van der Waals surface area contributed by atoms with Gasteiger partial charge >= 0.3 is 11.9 Å². The summed E-state index contributed by atoms with van der Waals surface area (Å²) in [5, 5.41) is 2.64. The maximum absolute atomic E-state index is 12.1. The highest BCUT2D eigenvalue weighted by Crippen LogP contribution is 2.22. The first kappa shape index (κ1) is 15.4. The van der Waals surface area contributed by atoms with E-state index < -0.39 is 23.7 Å². The zero-order valence-electron chi connectivity index (χ0n) is 12.6. The van der Waals surface area contributed by atoms with Gasteiger partial charge in [-0.25, -0.2) is 4.79 Å². The van der Waals surface area contributed by atoms with Gasteiger partial charge < -0.3 is 10.2 Å². The molecule has 0 aromatic heterocycles. The van der Waals surface area contributed by atoms with Gasteiger partial charge in [0, 0.05) is 5.69 Å². The Morgan fingerprint density at radius 1 is 0.958 bits per heavy atom. The van der Waals surface area contributed by atoms with Gasteiger partial charge in [0.2, 0.25) is 0 Å². The number of anilines is 1. The van der Waals surface area contributed by atoms with Crippen LogP contribution in [0.5, 0.6) is 0 Å². The minimum Gasteiger partial charge on any atom is -0.320 e. The van der Waals surface area contributed by atoms with E-state index in [-0.39, 0.29) is 11.1 Å². The Balaban J connectivity index is 1.70. The first-order valence-electron chi connectivity index (χ1n) is 7.05. The Morgan fingerprint density at radius 2 is 1.58 bits per heavy atom. The Hall–Kier alpha value is -3.48. The number of imide groups is 1. The number of benzene rings is 2. The van der Waals surface area contributed by atoms with Crippen molar-refractivity contribution in [3.63, 3.8) is 0 Å². The lowest BCUT2D eigenvalue weighted by molar-refractivity contribution is -0.172. The molecule has 0 bridgehead atoms. The van der Waals surface area contributed by atoms with E-state index in [4.69, 9.17) is 0 Å². The number of nitrogens with zero attached hydrogens (tertiary/aromatic N) is 1. The number of rotatable bonds is 2. The number of hydrogen-bond donors (Lipinski definition) is 1. The minimum absolute atomic E-state index is 0.120. The van der Waals surface area contributed by atoms with Crippen LogP contribution >= 0.6 is 0 Å². The van der Waals surface area contributed by atoms with E-state index in [0.717, 1.165) is 5.56 Å². The summed E-state index contributed by atoms with van der Waals surface area (Å²) in [6, 6.07) is 12.8. The van der Waals surface area contributed by atoms with Crippen LogP contribution in [0.2, 0.25) is 0 Å². The quantitative estimate of drug-likeness (QED) is 0.670. The number of carbonyl (C=O) groups excluding carboxylic acids is 4. The lowest BCUT2D eigenvalue weighted by atomic mass is 10.1. The molecule has 24 heavy (non-hydrogen) atoms. The number of amides is 3. The molecule has 1 aliphatic heterocycles. The van der Waals surface area contributed by atoms with E-state index >= 15 is 0 Å². The fourth-order valence-electron chi connectivity index (χ4n) is 2.28. The van der Waals surface area contributed by atoms with E-state index in [0.29, 0.717) is 10.8 Å². The van der Waals surface area contributed by atoms with Crippen LogP contribution < -0.4 is 5.32 Å². The maximum Gasteiger partial charge on any atom is 0.421 e. The van der Waals surface area contributed by atoms with Gasteiger partial charge in [0.15, 0.2) is 0 Å². The van der Waals surface area contributed by atoms with Crippen LogP contribution in [0, 0.1) is 6.92 Å². The molecule has 1 aliphatic rings. The van der Waals surface area contributed by atoms with Crippen molar-refractivity contribution in [3.8, 4) is 0 Å². The predicted molar refractivity (Wildman–Crippen MR) is 82.8 cm³/mol. The molecule has 3 rings (SSSR count). The van der Waals surface area contributed by atoms with Crippen molar-refractivity contribution in [3.05, 3.63) is 65.2 Å². The van der Waals surface area contributed by atoms with E-state index in [9.17, 15) is 19.2 Å². The summed E-state index contributed by atoms with van der Waals surface area (Å²) in [4.78, 5) is 52.5. The normalized spacial score (nSPS) is 12.8. The average Bonchev–Trinajstić information content (AvgIpc) is 2.80. The van der Waals surface area contributed by atoms with Gasteiger partial charge in [-0.1, -0.05) is 29.3 Å². The lowest BCUT2D eigenvalue weighted by Crippen LogP contribution is -2.37. The molecule has 7 heteroatoms. The van der Waals surface area contributed by atoms with Crippen LogP contribution in [-0.4, -0.2) is 28.8 Å². The van der Waals surface area contributed by atoms with Crippen molar-refractivity contribution >= 4 is 29.4 Å². The fraction of sp³-hybridized carbons (Fsp3) is 0.0588. The second-order valence-corrected chi connectivity index (χ2v) is 5.15. The molecular formula is C17H12N2O5. The smallest absolute Gasteiger partial charge is 0.320 e. The number of aryl methyl sites for hydroxylation is 1. The van der Waals surface area contributed by atoms with Crippen molar-refractivity contribution in [1.29, 1.82) is 0 Å². The lowest BCUT2D eigenvalue weighted by Gasteiger charge is -2.12. The standard InChI is InChI=1S/C17H12N2O5/c1-10-5-4-6-11(9-10)18-14(20)17(23)24-19-15(21)12-7-2-3-8-13(12)16(19)22/h2-9H,1H3,(H,18,20). The number of hydrogen-bond acceptors (Lipinski definition) is 5. The predicted octanol–water partition coefficient (Wildman–Crippen LogP) is 1.69. The number of hydroxylamine groups is 2. The van der Waals surface area contributed by atoms with Gasteiger partial charge in [-0.05, 0) is 36.8 Å². The van der Waals surface area contributed by atoms with Crippen molar-refractivity contribution in [1.82, 2.24) is 5.06 Å². The summed E-state index contributed by atoms with van der Waals surface area (Å²) in [6.07, 6.45) is 0. The van der Waals surface area contributed by atoms with E-state index in [1.807, 2.05) is 13.0 Å². The third-order valence-corrected chi connectivity index (χ3v) is 3.39. The highest BCUT2D eigenvalue weighted by molar-refractivity contribution is 6.38. The Labute approximate surface area is 136 Å². The monoisotopic (exact) mass is 324 g/mol. The van der Waals surface area contributed by atoms with Crippen molar-refractivity contribution in [2.75, 3.05) is 5.32 Å². The molecule has 0 unspecified atom stereocenters. The molecular weight excluding hydrogens is 312 g/mol. The SMILES string of the molecule is Cc1cccc(NC(=O)C(=O)ON2C(=O)c3ccccc3C2=O)c1. The molecule has 120 valence electrons. The average molecular weight is 324 g/mol. The third kappa shape index (κ3) is 2.74. The molecule has 3 amide bonds. The molecule has 0 atom stereocenters. The Bertz CT molecular complexity index is 840. The number of carbonyl (C=O) groups is 4. The highest BCUT2D eigenvalue weighted by Gasteiger charge is 2.39. The largest absolute Gasteiger partial charge is 0.421 e. The van der Waals surface area contributed by atoms with Gasteiger partial charge in [0.1, 0.15) is 0 Å². The molecule has 0 radical (unpaired) electrons. The first-order chi connectivity index (χ1) is 11.5. The molecule has 0 saturated heterocycles.